The quantitative estimate of drug-likeness (QED) is 0.683. The Morgan fingerprint density at radius 3 is 2.71 bits per heavy atom. The van der Waals surface area contributed by atoms with Crippen LogP contribution in [0, 0.1) is 11.8 Å². The lowest BCUT2D eigenvalue weighted by Crippen LogP contribution is -2.26. The van der Waals surface area contributed by atoms with E-state index in [1.54, 1.807) is 0 Å². The zero-order valence-corrected chi connectivity index (χ0v) is 13.2. The van der Waals surface area contributed by atoms with Crippen LogP contribution < -0.4 is 0 Å². The first kappa shape index (κ1) is 15.3. The molecule has 1 aliphatic rings. The van der Waals surface area contributed by atoms with Gasteiger partial charge in [0.1, 0.15) is 6.54 Å². The number of fused-ring (bicyclic) bond motifs is 1. The van der Waals surface area contributed by atoms with Gasteiger partial charge >= 0.3 is 5.97 Å². The Bertz CT molecular complexity index is 672. The third-order valence-corrected chi connectivity index (χ3v) is 4.28. The molecule has 21 heavy (non-hydrogen) atoms. The van der Waals surface area contributed by atoms with Crippen molar-refractivity contribution >= 4 is 17.4 Å². The summed E-state index contributed by atoms with van der Waals surface area (Å²) in [6, 6.07) is 6.28. The standard InChI is InChI=1S/C18H21NO2/c1-5-19-13(2)18(3,4)15-12-14(10-11-16(15)19)8-6-7-9-17(20)21/h10-12H,5,7,9H2,1-4H3/p+1. The molecule has 110 valence electrons. The molecular formula is C18H22NO2+. The van der Waals surface area contributed by atoms with Gasteiger partial charge < -0.3 is 5.11 Å². The summed E-state index contributed by atoms with van der Waals surface area (Å²) in [6.45, 7) is 9.78. The number of nitrogens with zero attached hydrogens (tertiary/aromatic N) is 1. The minimum atomic E-state index is -0.803. The molecule has 3 nitrogen and oxygen atoms in total. The van der Waals surface area contributed by atoms with Gasteiger partial charge in [0.15, 0.2) is 5.71 Å². The number of carboxylic acid groups (broad SMARTS) is 1. The van der Waals surface area contributed by atoms with Crippen LogP contribution in [0.3, 0.4) is 0 Å². The maximum atomic E-state index is 10.5. The molecule has 1 aromatic carbocycles. The Morgan fingerprint density at radius 2 is 2.10 bits per heavy atom. The number of carbonyl (C=O) groups is 1. The Balaban J connectivity index is 2.31. The maximum Gasteiger partial charge on any atom is 0.304 e. The summed E-state index contributed by atoms with van der Waals surface area (Å²) >= 11 is 0. The van der Waals surface area contributed by atoms with Crippen LogP contribution in [0.25, 0.3) is 0 Å². The molecule has 0 aromatic heterocycles. The normalized spacial score (nSPS) is 15.4. The molecule has 1 N–H and O–H groups in total. The van der Waals surface area contributed by atoms with E-state index in [1.165, 1.54) is 17.0 Å². The van der Waals surface area contributed by atoms with Crippen LogP contribution in [-0.4, -0.2) is 27.9 Å². The predicted molar refractivity (Wildman–Crippen MR) is 84.4 cm³/mol. The third kappa shape index (κ3) is 2.85. The molecule has 1 heterocycles. The highest BCUT2D eigenvalue weighted by atomic mass is 16.4. The van der Waals surface area contributed by atoms with Gasteiger partial charge in [0.05, 0.1) is 11.8 Å². The molecule has 0 atom stereocenters. The van der Waals surface area contributed by atoms with E-state index in [9.17, 15) is 4.79 Å². The van der Waals surface area contributed by atoms with E-state index in [0.29, 0.717) is 6.42 Å². The van der Waals surface area contributed by atoms with Crippen LogP contribution in [0.4, 0.5) is 5.69 Å². The number of aliphatic carboxylic acids is 1. The Morgan fingerprint density at radius 1 is 1.38 bits per heavy atom. The summed E-state index contributed by atoms with van der Waals surface area (Å²) in [5, 5.41) is 8.62. The Kier molecular flexibility index (Phi) is 4.18. The molecule has 0 unspecified atom stereocenters. The van der Waals surface area contributed by atoms with Gasteiger partial charge in [-0.15, -0.1) is 0 Å². The van der Waals surface area contributed by atoms with Crippen LogP contribution in [-0.2, 0) is 10.2 Å². The van der Waals surface area contributed by atoms with Crippen LogP contribution in [0.5, 0.6) is 0 Å². The lowest BCUT2D eigenvalue weighted by atomic mass is 9.81. The minimum absolute atomic E-state index is 0.0180. The number of rotatable bonds is 3. The van der Waals surface area contributed by atoms with E-state index >= 15 is 0 Å². The molecule has 0 saturated heterocycles. The zero-order valence-electron chi connectivity index (χ0n) is 13.2. The Hall–Kier alpha value is -2.08. The average Bonchev–Trinajstić information content (AvgIpc) is 2.62. The molecule has 0 saturated carbocycles. The van der Waals surface area contributed by atoms with Crippen LogP contribution in [0.15, 0.2) is 18.2 Å². The molecule has 1 aromatic rings. The van der Waals surface area contributed by atoms with Crippen molar-refractivity contribution in [3.63, 3.8) is 0 Å². The van der Waals surface area contributed by atoms with Crippen molar-refractivity contribution in [3.05, 3.63) is 29.3 Å². The fourth-order valence-corrected chi connectivity index (χ4v) is 2.80. The van der Waals surface area contributed by atoms with Gasteiger partial charge in [-0.25, -0.2) is 0 Å². The molecular weight excluding hydrogens is 262 g/mol. The first-order valence-corrected chi connectivity index (χ1v) is 7.34. The molecule has 1 aliphatic heterocycles. The third-order valence-electron chi connectivity index (χ3n) is 4.28. The SMILES string of the molecule is CC[N+]1=C(C)C(C)(C)c2cc(C#CCCC(=O)O)ccc21. The number of hydrogen-bond acceptors (Lipinski definition) is 1. The maximum absolute atomic E-state index is 10.5. The molecule has 2 rings (SSSR count). The first-order chi connectivity index (χ1) is 9.87. The Labute approximate surface area is 126 Å². The summed E-state index contributed by atoms with van der Waals surface area (Å²) < 4.78 is 2.34. The first-order valence-electron chi connectivity index (χ1n) is 7.34. The van der Waals surface area contributed by atoms with Crippen LogP contribution >= 0.6 is 0 Å². The second kappa shape index (κ2) is 5.73. The van der Waals surface area contributed by atoms with Gasteiger partial charge in [-0.05, 0) is 32.9 Å². The van der Waals surface area contributed by atoms with E-state index in [4.69, 9.17) is 5.11 Å². The van der Waals surface area contributed by atoms with E-state index in [1.807, 2.05) is 6.07 Å². The minimum Gasteiger partial charge on any atom is -0.481 e. The topological polar surface area (TPSA) is 40.3 Å². The summed E-state index contributed by atoms with van der Waals surface area (Å²) in [6.07, 6.45) is 0.488. The number of hydrogen-bond donors (Lipinski definition) is 1. The molecule has 3 heteroatoms. The average molecular weight is 284 g/mol. The van der Waals surface area contributed by atoms with Crippen molar-refractivity contribution in [1.29, 1.82) is 0 Å². The van der Waals surface area contributed by atoms with Gasteiger partial charge in [-0.3, -0.25) is 4.79 Å². The lowest BCUT2D eigenvalue weighted by molar-refractivity contribution is -0.434. The highest BCUT2D eigenvalue weighted by Crippen LogP contribution is 2.39. The van der Waals surface area contributed by atoms with Gasteiger partial charge in [-0.1, -0.05) is 11.8 Å². The zero-order chi connectivity index (χ0) is 15.6. The van der Waals surface area contributed by atoms with Crippen molar-refractivity contribution in [3.8, 4) is 11.8 Å². The van der Waals surface area contributed by atoms with Gasteiger partial charge in [0.25, 0.3) is 0 Å². The predicted octanol–water partition coefficient (Wildman–Crippen LogP) is 3.32. The van der Waals surface area contributed by atoms with Crippen LogP contribution in [0.1, 0.15) is 51.7 Å². The molecule has 0 fully saturated rings. The second-order valence-electron chi connectivity index (χ2n) is 5.88. The van der Waals surface area contributed by atoms with E-state index in [-0.39, 0.29) is 11.8 Å². The van der Waals surface area contributed by atoms with Crippen LogP contribution in [0.2, 0.25) is 0 Å². The van der Waals surface area contributed by atoms with E-state index in [2.05, 4.69) is 56.2 Å². The molecule has 0 spiro atoms. The van der Waals surface area contributed by atoms with Crippen molar-refractivity contribution in [2.75, 3.05) is 6.54 Å². The van der Waals surface area contributed by atoms with Crippen molar-refractivity contribution < 1.29 is 14.5 Å². The molecule has 0 aliphatic carbocycles. The summed E-state index contributed by atoms with van der Waals surface area (Å²) in [5.41, 5.74) is 4.89. The van der Waals surface area contributed by atoms with Gasteiger partial charge in [-0.2, -0.15) is 4.58 Å². The fraction of sp³-hybridized carbons (Fsp3) is 0.444. The van der Waals surface area contributed by atoms with Crippen molar-refractivity contribution in [2.24, 2.45) is 0 Å². The lowest BCUT2D eigenvalue weighted by Gasteiger charge is -2.15. The summed E-state index contributed by atoms with van der Waals surface area (Å²) in [7, 11) is 0. The fourth-order valence-electron chi connectivity index (χ4n) is 2.80. The van der Waals surface area contributed by atoms with Gasteiger partial charge in [0, 0.05) is 30.5 Å². The monoisotopic (exact) mass is 284 g/mol. The summed E-state index contributed by atoms with van der Waals surface area (Å²) in [5.74, 6) is 5.21. The van der Waals surface area contributed by atoms with Crippen molar-refractivity contribution in [1.82, 2.24) is 0 Å². The van der Waals surface area contributed by atoms with E-state index < -0.39 is 5.97 Å². The largest absolute Gasteiger partial charge is 0.481 e. The van der Waals surface area contributed by atoms with Crippen molar-refractivity contribution in [2.45, 2.75) is 46.0 Å². The second-order valence-corrected chi connectivity index (χ2v) is 5.88. The summed E-state index contributed by atoms with van der Waals surface area (Å²) in [4.78, 5) is 10.5. The number of benzene rings is 1. The number of carboxylic acids is 1. The molecule has 0 radical (unpaired) electrons. The molecule has 0 bridgehead atoms. The highest BCUT2D eigenvalue weighted by Gasteiger charge is 2.42. The highest BCUT2D eigenvalue weighted by molar-refractivity contribution is 5.93. The van der Waals surface area contributed by atoms with Gasteiger partial charge in [0.2, 0.25) is 5.69 Å². The van der Waals surface area contributed by atoms with E-state index in [0.717, 1.165) is 12.1 Å². The molecule has 0 amide bonds. The smallest absolute Gasteiger partial charge is 0.304 e.